The molecule has 0 fully saturated rings. The lowest BCUT2D eigenvalue weighted by molar-refractivity contribution is 0.107. The first-order chi connectivity index (χ1) is 4.95. The smallest absolute Gasteiger partial charge is 0.0740 e. The van der Waals surface area contributed by atoms with Crippen LogP contribution in [0.2, 0.25) is 0 Å². The highest BCUT2D eigenvalue weighted by Gasteiger charge is 2.13. The lowest BCUT2D eigenvalue weighted by Crippen LogP contribution is -2.13. The van der Waals surface area contributed by atoms with Gasteiger partial charge in [0.2, 0.25) is 0 Å². The molecule has 68 valence electrons. The average Bonchev–Trinajstić information content (AvgIpc) is 1.87. The van der Waals surface area contributed by atoms with Crippen molar-refractivity contribution < 1.29 is 4.74 Å². The predicted octanol–water partition coefficient (Wildman–Crippen LogP) is 3.18. The summed E-state index contributed by atoms with van der Waals surface area (Å²) in [5.74, 6) is 0.926. The molecule has 0 aliphatic heterocycles. The lowest BCUT2D eigenvalue weighted by atomic mass is 10.8. The van der Waals surface area contributed by atoms with Gasteiger partial charge in [-0.15, -0.1) is 0 Å². The summed E-state index contributed by atoms with van der Waals surface area (Å²) in [5, 5.41) is 0. The molecule has 3 heteroatoms. The maximum atomic E-state index is 5.83. The van der Waals surface area contributed by atoms with Gasteiger partial charge in [0.25, 0.3) is 0 Å². The zero-order valence-corrected chi connectivity index (χ0v) is 10.2. The molecule has 0 radical (unpaired) electrons. The summed E-state index contributed by atoms with van der Waals surface area (Å²) < 4.78 is 5.83. The molecule has 0 saturated heterocycles. The SMILES string of the molecule is CC(OC(C)P(C)C)P(C)C. The van der Waals surface area contributed by atoms with Crippen molar-refractivity contribution in [2.75, 3.05) is 26.7 Å². The summed E-state index contributed by atoms with van der Waals surface area (Å²) in [6.45, 7) is 13.4. The summed E-state index contributed by atoms with van der Waals surface area (Å²) >= 11 is 0. The van der Waals surface area contributed by atoms with Gasteiger partial charge in [-0.2, -0.15) is 0 Å². The molecular formula is C8H20OP2. The lowest BCUT2D eigenvalue weighted by Gasteiger charge is -2.24. The second-order valence-corrected chi connectivity index (χ2v) is 8.57. The van der Waals surface area contributed by atoms with Gasteiger partial charge in [-0.25, -0.2) is 0 Å². The van der Waals surface area contributed by atoms with Crippen LogP contribution in [0.4, 0.5) is 0 Å². The van der Waals surface area contributed by atoms with E-state index in [0.717, 1.165) is 0 Å². The van der Waals surface area contributed by atoms with Crippen LogP contribution in [-0.2, 0) is 4.74 Å². The van der Waals surface area contributed by atoms with E-state index in [1.54, 1.807) is 0 Å². The number of rotatable bonds is 4. The van der Waals surface area contributed by atoms with Crippen LogP contribution in [0.15, 0.2) is 0 Å². The number of hydrogen-bond acceptors (Lipinski definition) is 1. The molecule has 0 bridgehead atoms. The van der Waals surface area contributed by atoms with Gasteiger partial charge in [0, 0.05) is 0 Å². The van der Waals surface area contributed by atoms with Crippen LogP contribution < -0.4 is 0 Å². The quantitative estimate of drug-likeness (QED) is 0.624. The Morgan fingerprint density at radius 1 is 0.818 bits per heavy atom. The van der Waals surface area contributed by atoms with Gasteiger partial charge in [0.05, 0.1) is 11.7 Å². The fourth-order valence-electron chi connectivity index (χ4n) is 0.528. The molecular weight excluding hydrogens is 174 g/mol. The molecule has 0 aliphatic rings. The van der Waals surface area contributed by atoms with E-state index in [1.807, 2.05) is 0 Å². The fraction of sp³-hybridized carbons (Fsp3) is 1.00. The maximum Gasteiger partial charge on any atom is 0.0740 e. The number of hydrogen-bond donors (Lipinski definition) is 0. The molecule has 0 saturated carbocycles. The minimum Gasteiger partial charge on any atom is -0.367 e. The van der Waals surface area contributed by atoms with E-state index >= 15 is 0 Å². The Labute approximate surface area is 73.4 Å². The number of ether oxygens (including phenoxy) is 1. The highest BCUT2D eigenvalue weighted by molar-refractivity contribution is 7.57. The standard InChI is InChI=1S/C8H20OP2/c1-7(10(3)4)9-8(2)11(5)6/h7-8H,1-6H3. The van der Waals surface area contributed by atoms with E-state index in [9.17, 15) is 0 Å². The third-order valence-electron chi connectivity index (χ3n) is 1.85. The molecule has 0 aromatic carbocycles. The van der Waals surface area contributed by atoms with Gasteiger partial charge in [-0.3, -0.25) is 0 Å². The minimum absolute atomic E-state index is 0.0692. The maximum absolute atomic E-state index is 5.83. The first-order valence-corrected chi connectivity index (χ1v) is 8.54. The highest BCUT2D eigenvalue weighted by atomic mass is 31.1. The normalized spacial score (nSPS) is 17.5. The molecule has 2 unspecified atom stereocenters. The first-order valence-electron chi connectivity index (χ1n) is 3.93. The fourth-order valence-corrected chi connectivity index (χ4v) is 1.48. The van der Waals surface area contributed by atoms with Crippen molar-refractivity contribution in [1.29, 1.82) is 0 Å². The Balaban J connectivity index is 3.66. The third kappa shape index (κ3) is 5.12. The van der Waals surface area contributed by atoms with Crippen LogP contribution in [0, 0.1) is 0 Å². The first kappa shape index (κ1) is 11.8. The van der Waals surface area contributed by atoms with Crippen LogP contribution in [-0.4, -0.2) is 38.3 Å². The zero-order chi connectivity index (χ0) is 9.02. The van der Waals surface area contributed by atoms with Crippen molar-refractivity contribution in [2.45, 2.75) is 25.5 Å². The third-order valence-corrected chi connectivity index (χ3v) is 5.00. The minimum atomic E-state index is 0.0692. The van der Waals surface area contributed by atoms with E-state index in [1.165, 1.54) is 0 Å². The Hall–Kier alpha value is 0.820. The van der Waals surface area contributed by atoms with Crippen LogP contribution >= 0.6 is 15.8 Å². The van der Waals surface area contributed by atoms with Crippen LogP contribution in [0.5, 0.6) is 0 Å². The zero-order valence-electron chi connectivity index (χ0n) is 8.46. The van der Waals surface area contributed by atoms with E-state index in [0.29, 0.717) is 11.7 Å². The van der Waals surface area contributed by atoms with Crippen molar-refractivity contribution in [3.8, 4) is 0 Å². The Kier molecular flexibility index (Phi) is 5.87. The largest absolute Gasteiger partial charge is 0.367 e. The van der Waals surface area contributed by atoms with Crippen LogP contribution in [0.3, 0.4) is 0 Å². The second-order valence-electron chi connectivity index (χ2n) is 3.26. The Morgan fingerprint density at radius 2 is 1.09 bits per heavy atom. The Bertz CT molecular complexity index is 92.3. The summed E-state index contributed by atoms with van der Waals surface area (Å²) in [6, 6.07) is 0. The summed E-state index contributed by atoms with van der Waals surface area (Å²) in [5.41, 5.74) is 0. The van der Waals surface area contributed by atoms with Gasteiger partial charge in [0.1, 0.15) is 0 Å². The van der Waals surface area contributed by atoms with Gasteiger partial charge >= 0.3 is 0 Å². The molecule has 0 aliphatic carbocycles. The molecule has 0 rings (SSSR count). The van der Waals surface area contributed by atoms with Gasteiger partial charge in [-0.05, 0) is 40.5 Å². The van der Waals surface area contributed by atoms with Gasteiger partial charge < -0.3 is 4.74 Å². The molecule has 0 aromatic heterocycles. The van der Waals surface area contributed by atoms with E-state index < -0.39 is 0 Å². The summed E-state index contributed by atoms with van der Waals surface area (Å²) in [4.78, 5) is 0. The van der Waals surface area contributed by atoms with Crippen LogP contribution in [0.25, 0.3) is 0 Å². The van der Waals surface area contributed by atoms with Gasteiger partial charge in [0.15, 0.2) is 0 Å². The molecule has 0 amide bonds. The average molecular weight is 194 g/mol. The molecule has 0 N–H and O–H groups in total. The predicted molar refractivity (Wildman–Crippen MR) is 57.5 cm³/mol. The van der Waals surface area contributed by atoms with Crippen molar-refractivity contribution in [3.63, 3.8) is 0 Å². The molecule has 0 aromatic rings. The van der Waals surface area contributed by atoms with Gasteiger partial charge in [-0.1, -0.05) is 15.8 Å². The molecule has 11 heavy (non-hydrogen) atoms. The topological polar surface area (TPSA) is 9.23 Å². The van der Waals surface area contributed by atoms with Crippen molar-refractivity contribution in [3.05, 3.63) is 0 Å². The summed E-state index contributed by atoms with van der Waals surface area (Å²) in [6.07, 6.45) is 0. The molecule has 2 atom stereocenters. The highest BCUT2D eigenvalue weighted by Crippen LogP contribution is 2.39. The second kappa shape index (κ2) is 5.46. The molecule has 0 spiro atoms. The Morgan fingerprint density at radius 3 is 1.27 bits per heavy atom. The van der Waals surface area contributed by atoms with E-state index in [2.05, 4.69) is 40.5 Å². The van der Waals surface area contributed by atoms with Crippen molar-refractivity contribution >= 4 is 15.8 Å². The molecule has 1 nitrogen and oxygen atoms in total. The molecule has 0 heterocycles. The van der Waals surface area contributed by atoms with Crippen molar-refractivity contribution in [2.24, 2.45) is 0 Å². The van der Waals surface area contributed by atoms with E-state index in [-0.39, 0.29) is 15.8 Å². The van der Waals surface area contributed by atoms with Crippen molar-refractivity contribution in [1.82, 2.24) is 0 Å². The summed E-state index contributed by atoms with van der Waals surface area (Å²) in [7, 11) is 0.138. The van der Waals surface area contributed by atoms with E-state index in [4.69, 9.17) is 4.74 Å². The monoisotopic (exact) mass is 194 g/mol. The van der Waals surface area contributed by atoms with Crippen LogP contribution in [0.1, 0.15) is 13.8 Å².